The monoisotopic (exact) mass is 357 g/mol. The van der Waals surface area contributed by atoms with E-state index in [1.165, 1.54) is 10.7 Å². The molecule has 4 rings (SSSR count). The van der Waals surface area contributed by atoms with Gasteiger partial charge < -0.3 is 10.3 Å². The van der Waals surface area contributed by atoms with Crippen LogP contribution in [-0.2, 0) is 0 Å². The number of nitrogens with one attached hydrogen (secondary N) is 2. The lowest BCUT2D eigenvalue weighted by molar-refractivity contribution is 0.0940. The number of nitrogens with zero attached hydrogens (tertiary/aromatic N) is 3. The zero-order valence-corrected chi connectivity index (χ0v) is 14.4. The first-order chi connectivity index (χ1) is 13.1. The molecule has 4 aromatic rings. The third-order valence-electron chi connectivity index (χ3n) is 4.39. The Morgan fingerprint density at radius 3 is 3.04 bits per heavy atom. The quantitative estimate of drug-likeness (QED) is 0.549. The second-order valence-corrected chi connectivity index (χ2v) is 6.11. The number of fused-ring (bicyclic) bond motifs is 2. The summed E-state index contributed by atoms with van der Waals surface area (Å²) in [6.45, 7) is 1.79. The zero-order valence-electron chi connectivity index (χ0n) is 14.4. The molecule has 27 heavy (non-hydrogen) atoms. The van der Waals surface area contributed by atoms with Gasteiger partial charge in [-0.2, -0.15) is 5.10 Å². The van der Waals surface area contributed by atoms with Crippen LogP contribution >= 0.6 is 0 Å². The summed E-state index contributed by atoms with van der Waals surface area (Å²) >= 11 is 0. The number of aromatic nitrogens is 4. The molecule has 0 saturated carbocycles. The van der Waals surface area contributed by atoms with E-state index in [2.05, 4.69) is 26.3 Å². The number of pyridine rings is 1. The van der Waals surface area contributed by atoms with Gasteiger partial charge in [0.1, 0.15) is 5.56 Å². The number of carbonyl (C=O) groups excluding carboxylic acids is 1. The Kier molecular flexibility index (Phi) is 3.94. The summed E-state index contributed by atoms with van der Waals surface area (Å²) in [5.41, 5.74) is 1.66. The van der Waals surface area contributed by atoms with E-state index in [0.717, 1.165) is 5.39 Å². The van der Waals surface area contributed by atoms with Crippen molar-refractivity contribution in [1.82, 2.24) is 24.9 Å². The van der Waals surface area contributed by atoms with E-state index in [9.17, 15) is 9.59 Å². The molecule has 0 radical (unpaired) electrons. The molecule has 7 heteroatoms. The van der Waals surface area contributed by atoms with Crippen LogP contribution in [0.25, 0.3) is 16.4 Å². The number of benzene rings is 1. The van der Waals surface area contributed by atoms with Crippen LogP contribution in [0.1, 0.15) is 34.6 Å². The van der Waals surface area contributed by atoms with Crippen LogP contribution in [0.15, 0.2) is 53.7 Å². The average Bonchev–Trinajstić information content (AvgIpc) is 3.11. The predicted octanol–water partition coefficient (Wildman–Crippen LogP) is 2.04. The van der Waals surface area contributed by atoms with Crippen molar-refractivity contribution in [2.45, 2.75) is 13.0 Å². The van der Waals surface area contributed by atoms with Crippen LogP contribution in [0, 0.1) is 12.3 Å². The highest BCUT2D eigenvalue weighted by Gasteiger charge is 2.18. The van der Waals surface area contributed by atoms with Gasteiger partial charge in [0.2, 0.25) is 0 Å². The fourth-order valence-electron chi connectivity index (χ4n) is 3.03. The van der Waals surface area contributed by atoms with E-state index in [1.807, 2.05) is 12.1 Å². The van der Waals surface area contributed by atoms with Gasteiger partial charge in [0.25, 0.3) is 11.5 Å². The SMILES string of the molecule is C#Cc1cccc2cc(C(C)NC(=O)c3cnn4cccnc34)[nH]c(=O)c12. The fraction of sp³-hybridized carbons (Fsp3) is 0.100. The maximum absolute atomic E-state index is 12.6. The Labute approximate surface area is 154 Å². The molecule has 132 valence electrons. The van der Waals surface area contributed by atoms with E-state index in [0.29, 0.717) is 27.9 Å². The molecule has 1 amide bonds. The van der Waals surface area contributed by atoms with E-state index >= 15 is 0 Å². The van der Waals surface area contributed by atoms with Crippen molar-refractivity contribution in [3.8, 4) is 12.3 Å². The maximum atomic E-state index is 12.6. The smallest absolute Gasteiger partial charge is 0.257 e. The Bertz CT molecular complexity index is 1280. The molecular weight excluding hydrogens is 342 g/mol. The normalized spacial score (nSPS) is 12.0. The number of carbonyl (C=O) groups is 1. The van der Waals surface area contributed by atoms with Crippen molar-refractivity contribution in [1.29, 1.82) is 0 Å². The molecule has 1 aromatic carbocycles. The van der Waals surface area contributed by atoms with Gasteiger partial charge in [-0.1, -0.05) is 18.1 Å². The molecule has 3 aromatic heterocycles. The second-order valence-electron chi connectivity index (χ2n) is 6.11. The van der Waals surface area contributed by atoms with Gasteiger partial charge in [0.05, 0.1) is 17.6 Å². The molecule has 0 aliphatic carbocycles. The third-order valence-corrected chi connectivity index (χ3v) is 4.39. The fourth-order valence-corrected chi connectivity index (χ4v) is 3.03. The Morgan fingerprint density at radius 2 is 2.22 bits per heavy atom. The molecule has 3 heterocycles. The van der Waals surface area contributed by atoms with Gasteiger partial charge in [-0.25, -0.2) is 9.50 Å². The zero-order chi connectivity index (χ0) is 19.0. The van der Waals surface area contributed by atoms with Crippen molar-refractivity contribution in [2.24, 2.45) is 0 Å². The average molecular weight is 357 g/mol. The summed E-state index contributed by atoms with van der Waals surface area (Å²) in [5, 5.41) is 8.17. The van der Waals surface area contributed by atoms with Crippen LogP contribution in [-0.4, -0.2) is 25.5 Å². The van der Waals surface area contributed by atoms with Gasteiger partial charge in [-0.3, -0.25) is 9.59 Å². The minimum absolute atomic E-state index is 0.283. The maximum Gasteiger partial charge on any atom is 0.257 e. The van der Waals surface area contributed by atoms with Gasteiger partial charge in [-0.05, 0) is 30.5 Å². The highest BCUT2D eigenvalue weighted by atomic mass is 16.2. The summed E-state index contributed by atoms with van der Waals surface area (Å²) in [7, 11) is 0. The largest absolute Gasteiger partial charge is 0.344 e. The van der Waals surface area contributed by atoms with Crippen molar-refractivity contribution in [3.63, 3.8) is 0 Å². The predicted molar refractivity (Wildman–Crippen MR) is 101 cm³/mol. The summed E-state index contributed by atoms with van der Waals surface area (Å²) < 4.78 is 1.53. The lowest BCUT2D eigenvalue weighted by Gasteiger charge is -2.14. The van der Waals surface area contributed by atoms with E-state index in [1.54, 1.807) is 37.5 Å². The number of rotatable bonds is 3. The molecule has 0 aliphatic heterocycles. The van der Waals surface area contributed by atoms with Crippen molar-refractivity contribution < 1.29 is 4.79 Å². The lowest BCUT2D eigenvalue weighted by atomic mass is 10.0. The molecule has 1 unspecified atom stereocenters. The number of hydrogen-bond donors (Lipinski definition) is 2. The first-order valence-electron chi connectivity index (χ1n) is 8.30. The van der Waals surface area contributed by atoms with E-state index in [4.69, 9.17) is 6.42 Å². The number of amides is 1. The molecule has 0 saturated heterocycles. The number of aromatic amines is 1. The lowest BCUT2D eigenvalue weighted by Crippen LogP contribution is -2.28. The Hall–Kier alpha value is -3.92. The number of terminal acetylenes is 1. The molecule has 7 nitrogen and oxygen atoms in total. The minimum atomic E-state index is -0.428. The number of hydrogen-bond acceptors (Lipinski definition) is 4. The second kappa shape index (κ2) is 6.42. The first kappa shape index (κ1) is 16.5. The molecule has 0 bridgehead atoms. The highest BCUT2D eigenvalue weighted by Crippen LogP contribution is 2.18. The Balaban J connectivity index is 1.67. The molecule has 0 spiro atoms. The molecule has 0 fully saturated rings. The van der Waals surface area contributed by atoms with Gasteiger partial charge in [0.15, 0.2) is 5.65 Å². The minimum Gasteiger partial charge on any atom is -0.344 e. The summed E-state index contributed by atoms with van der Waals surface area (Å²) in [6.07, 6.45) is 10.3. The molecular formula is C20H15N5O2. The van der Waals surface area contributed by atoms with Crippen LogP contribution in [0.4, 0.5) is 0 Å². The molecule has 0 aliphatic rings. The number of H-pyrrole nitrogens is 1. The highest BCUT2D eigenvalue weighted by molar-refractivity contribution is 5.99. The summed E-state index contributed by atoms with van der Waals surface area (Å²) in [4.78, 5) is 32.1. The van der Waals surface area contributed by atoms with Crippen LogP contribution in [0.3, 0.4) is 0 Å². The van der Waals surface area contributed by atoms with E-state index < -0.39 is 6.04 Å². The van der Waals surface area contributed by atoms with Gasteiger partial charge in [0, 0.05) is 23.7 Å². The Morgan fingerprint density at radius 1 is 1.37 bits per heavy atom. The van der Waals surface area contributed by atoms with Crippen LogP contribution in [0.2, 0.25) is 0 Å². The molecule has 1 atom stereocenters. The summed E-state index contributed by atoms with van der Waals surface area (Å²) in [6, 6.07) is 8.46. The van der Waals surface area contributed by atoms with Gasteiger partial charge >= 0.3 is 0 Å². The standard InChI is InChI=1S/C20H15N5O2/c1-3-13-6-4-7-14-10-16(24-20(27)17(13)14)12(2)23-19(26)15-11-22-25-9-5-8-21-18(15)25/h1,4-12H,2H3,(H,23,26)(H,24,27). The van der Waals surface area contributed by atoms with Crippen LogP contribution in [0.5, 0.6) is 0 Å². The van der Waals surface area contributed by atoms with Crippen LogP contribution < -0.4 is 10.9 Å². The molecule has 2 N–H and O–H groups in total. The van der Waals surface area contributed by atoms with E-state index in [-0.39, 0.29) is 11.5 Å². The van der Waals surface area contributed by atoms with Crippen molar-refractivity contribution in [2.75, 3.05) is 0 Å². The van der Waals surface area contributed by atoms with Gasteiger partial charge in [-0.15, -0.1) is 6.42 Å². The first-order valence-corrected chi connectivity index (χ1v) is 8.30. The topological polar surface area (TPSA) is 92.2 Å². The summed E-state index contributed by atoms with van der Waals surface area (Å²) in [5.74, 6) is 2.20. The third kappa shape index (κ3) is 2.83. The van der Waals surface area contributed by atoms with Crippen molar-refractivity contribution >= 4 is 22.3 Å². The van der Waals surface area contributed by atoms with Crippen molar-refractivity contribution in [3.05, 3.63) is 76.1 Å².